The minimum Gasteiger partial charge on any atom is -0.361 e. The number of fused-ring (bicyclic) bond motifs is 1. The third-order valence-electron chi connectivity index (χ3n) is 5.34. The second kappa shape index (κ2) is 7.37. The summed E-state index contributed by atoms with van der Waals surface area (Å²) in [5, 5.41) is 5.97. The number of carbonyl (C=O) groups is 1. The van der Waals surface area contributed by atoms with Crippen LogP contribution in [0.2, 0.25) is 5.02 Å². The Kier molecular flexibility index (Phi) is 4.56. The number of rotatable bonds is 5. The summed E-state index contributed by atoms with van der Waals surface area (Å²) in [5.41, 5.74) is 3.21. The molecule has 1 aliphatic heterocycles. The average molecular weight is 407 g/mol. The molecule has 7 heteroatoms. The van der Waals surface area contributed by atoms with E-state index in [1.807, 2.05) is 53.6 Å². The van der Waals surface area contributed by atoms with Gasteiger partial charge in [0.25, 0.3) is 0 Å². The van der Waals surface area contributed by atoms with E-state index >= 15 is 0 Å². The number of aromatic amines is 1. The molecule has 0 spiro atoms. The molecule has 0 radical (unpaired) electrons. The van der Waals surface area contributed by atoms with Crippen LogP contribution >= 0.6 is 11.6 Å². The molecule has 1 saturated heterocycles. The fourth-order valence-electron chi connectivity index (χ4n) is 3.90. The first kappa shape index (κ1) is 17.9. The molecule has 1 N–H and O–H groups in total. The maximum absolute atomic E-state index is 12.5. The lowest BCUT2D eigenvalue weighted by Crippen LogP contribution is -2.24. The predicted octanol–water partition coefficient (Wildman–Crippen LogP) is 4.31. The van der Waals surface area contributed by atoms with Crippen LogP contribution in [0.5, 0.6) is 0 Å². The molecule has 5 rings (SSSR count). The molecule has 146 valence electrons. The molecule has 1 unspecified atom stereocenters. The quantitative estimate of drug-likeness (QED) is 0.535. The monoisotopic (exact) mass is 406 g/mol. The van der Waals surface area contributed by atoms with E-state index in [2.05, 4.69) is 21.2 Å². The van der Waals surface area contributed by atoms with Crippen molar-refractivity contribution in [3.63, 3.8) is 0 Å². The molecule has 6 nitrogen and oxygen atoms in total. The van der Waals surface area contributed by atoms with Crippen LogP contribution in [0, 0.1) is 0 Å². The van der Waals surface area contributed by atoms with E-state index in [-0.39, 0.29) is 11.8 Å². The van der Waals surface area contributed by atoms with Gasteiger partial charge in [-0.25, -0.2) is 0 Å². The van der Waals surface area contributed by atoms with E-state index in [0.717, 1.165) is 22.0 Å². The fourth-order valence-corrected chi connectivity index (χ4v) is 4.11. The van der Waals surface area contributed by atoms with Gasteiger partial charge in [-0.05, 0) is 29.3 Å². The summed E-state index contributed by atoms with van der Waals surface area (Å²) in [5.74, 6) is 1.20. The number of aromatic nitrogens is 3. The minimum atomic E-state index is -0.0536. The largest absolute Gasteiger partial charge is 0.361 e. The summed E-state index contributed by atoms with van der Waals surface area (Å²) in [6.45, 7) is 1.12. The highest BCUT2D eigenvalue weighted by Gasteiger charge is 2.33. The van der Waals surface area contributed by atoms with Crippen molar-refractivity contribution >= 4 is 28.4 Å². The standard InChI is InChI=1S/C22H19ClN4O2/c23-17-5-3-4-14(8-17)12-27-13-16(10-21(27)28)22-25-20(29-26-22)9-15-11-24-19-7-2-1-6-18(15)19/h1-8,11,16,24H,9-10,12-13H2. The number of H-pyrrole nitrogens is 1. The summed E-state index contributed by atoms with van der Waals surface area (Å²) in [6.07, 6.45) is 2.93. The smallest absolute Gasteiger partial charge is 0.231 e. The van der Waals surface area contributed by atoms with Gasteiger partial charge in [0.1, 0.15) is 0 Å². The van der Waals surface area contributed by atoms with Crippen LogP contribution in [0.1, 0.15) is 35.2 Å². The molecular formula is C22H19ClN4O2. The van der Waals surface area contributed by atoms with Gasteiger partial charge in [-0.2, -0.15) is 4.98 Å². The SMILES string of the molecule is O=C1CC(c2noc(Cc3c[nH]c4ccccc34)n2)CN1Cc1cccc(Cl)c1. The molecule has 2 aromatic heterocycles. The second-order valence-electron chi connectivity index (χ2n) is 7.39. The van der Waals surface area contributed by atoms with Crippen molar-refractivity contribution in [2.45, 2.75) is 25.3 Å². The molecule has 2 aromatic carbocycles. The van der Waals surface area contributed by atoms with Gasteiger partial charge in [-0.15, -0.1) is 0 Å². The van der Waals surface area contributed by atoms with Gasteiger partial charge >= 0.3 is 0 Å². The molecule has 29 heavy (non-hydrogen) atoms. The molecule has 1 atom stereocenters. The van der Waals surface area contributed by atoms with Crippen molar-refractivity contribution in [2.75, 3.05) is 6.54 Å². The number of likely N-dealkylation sites (tertiary alicyclic amines) is 1. The maximum Gasteiger partial charge on any atom is 0.231 e. The van der Waals surface area contributed by atoms with Crippen LogP contribution in [0.25, 0.3) is 10.9 Å². The second-order valence-corrected chi connectivity index (χ2v) is 7.82. The van der Waals surface area contributed by atoms with Crippen LogP contribution in [0.15, 0.2) is 59.3 Å². The van der Waals surface area contributed by atoms with Crippen LogP contribution in [0.3, 0.4) is 0 Å². The van der Waals surface area contributed by atoms with Gasteiger partial charge in [0, 0.05) is 47.6 Å². The Morgan fingerprint density at radius 3 is 3.00 bits per heavy atom. The molecule has 1 aliphatic rings. The number of hydrogen-bond acceptors (Lipinski definition) is 4. The summed E-state index contributed by atoms with van der Waals surface area (Å²) in [6, 6.07) is 15.7. The van der Waals surface area contributed by atoms with Gasteiger partial charge < -0.3 is 14.4 Å². The maximum atomic E-state index is 12.5. The van der Waals surface area contributed by atoms with Crippen molar-refractivity contribution < 1.29 is 9.32 Å². The van der Waals surface area contributed by atoms with Crippen molar-refractivity contribution in [3.05, 3.63) is 82.6 Å². The van der Waals surface area contributed by atoms with Gasteiger partial charge in [0.2, 0.25) is 11.8 Å². The van der Waals surface area contributed by atoms with Crippen LogP contribution in [-0.4, -0.2) is 32.5 Å². The summed E-state index contributed by atoms with van der Waals surface area (Å²) < 4.78 is 5.48. The van der Waals surface area contributed by atoms with E-state index < -0.39 is 0 Å². The van der Waals surface area contributed by atoms with Crippen LogP contribution in [0.4, 0.5) is 0 Å². The van der Waals surface area contributed by atoms with Gasteiger partial charge in [0.05, 0.1) is 6.42 Å². The number of amides is 1. The zero-order valence-electron chi connectivity index (χ0n) is 15.6. The van der Waals surface area contributed by atoms with E-state index in [9.17, 15) is 4.79 Å². The Labute approximate surface area is 172 Å². The van der Waals surface area contributed by atoms with E-state index in [1.165, 1.54) is 0 Å². The van der Waals surface area contributed by atoms with Crippen LogP contribution < -0.4 is 0 Å². The lowest BCUT2D eigenvalue weighted by atomic mass is 10.1. The molecule has 3 heterocycles. The van der Waals surface area contributed by atoms with Crippen molar-refractivity contribution in [1.82, 2.24) is 20.0 Å². The van der Waals surface area contributed by atoms with Crippen molar-refractivity contribution in [3.8, 4) is 0 Å². The number of para-hydroxylation sites is 1. The predicted molar refractivity (Wildman–Crippen MR) is 110 cm³/mol. The minimum absolute atomic E-state index is 0.0536. The number of halogens is 1. The summed E-state index contributed by atoms with van der Waals surface area (Å²) >= 11 is 6.05. The molecule has 0 bridgehead atoms. The van der Waals surface area contributed by atoms with Gasteiger partial charge in [-0.1, -0.05) is 47.1 Å². The van der Waals surface area contributed by atoms with E-state index in [1.54, 1.807) is 0 Å². The number of hydrogen-bond donors (Lipinski definition) is 1. The zero-order valence-corrected chi connectivity index (χ0v) is 16.4. The highest BCUT2D eigenvalue weighted by molar-refractivity contribution is 6.30. The van der Waals surface area contributed by atoms with Crippen molar-refractivity contribution in [1.29, 1.82) is 0 Å². The molecule has 4 aromatic rings. The third kappa shape index (κ3) is 3.63. The Morgan fingerprint density at radius 2 is 2.10 bits per heavy atom. The number of nitrogens with one attached hydrogen (secondary N) is 1. The first-order valence-electron chi connectivity index (χ1n) is 9.55. The molecule has 0 saturated carbocycles. The Morgan fingerprint density at radius 1 is 1.21 bits per heavy atom. The van der Waals surface area contributed by atoms with Crippen molar-refractivity contribution in [2.24, 2.45) is 0 Å². The number of benzene rings is 2. The highest BCUT2D eigenvalue weighted by Crippen LogP contribution is 2.28. The first-order chi connectivity index (χ1) is 14.2. The fraction of sp³-hybridized carbons (Fsp3) is 0.227. The molecule has 1 amide bonds. The Bertz CT molecular complexity index is 1180. The van der Waals surface area contributed by atoms with E-state index in [0.29, 0.717) is 42.7 Å². The molecular weight excluding hydrogens is 388 g/mol. The average Bonchev–Trinajstić information content (AvgIpc) is 3.43. The van der Waals surface area contributed by atoms with Crippen LogP contribution in [-0.2, 0) is 17.8 Å². The highest BCUT2D eigenvalue weighted by atomic mass is 35.5. The normalized spacial score (nSPS) is 16.8. The zero-order chi connectivity index (χ0) is 19.8. The molecule has 0 aliphatic carbocycles. The summed E-state index contributed by atoms with van der Waals surface area (Å²) in [7, 11) is 0. The summed E-state index contributed by atoms with van der Waals surface area (Å²) in [4.78, 5) is 22.1. The van der Waals surface area contributed by atoms with E-state index in [4.69, 9.17) is 16.1 Å². The number of carbonyl (C=O) groups excluding carboxylic acids is 1. The molecule has 1 fully saturated rings. The third-order valence-corrected chi connectivity index (χ3v) is 5.58. The lowest BCUT2D eigenvalue weighted by molar-refractivity contribution is -0.128. The van der Waals surface area contributed by atoms with Gasteiger partial charge in [-0.3, -0.25) is 4.79 Å². The van der Waals surface area contributed by atoms with Gasteiger partial charge in [0.15, 0.2) is 5.82 Å². The Hall–Kier alpha value is -3.12. The first-order valence-corrected chi connectivity index (χ1v) is 9.93. The Balaban J connectivity index is 1.29. The topological polar surface area (TPSA) is 75.0 Å². The lowest BCUT2D eigenvalue weighted by Gasteiger charge is -2.16. The number of nitrogens with zero attached hydrogens (tertiary/aromatic N) is 3.